The predicted octanol–water partition coefficient (Wildman–Crippen LogP) is 3.40. The molecule has 1 heterocycles. The SMILES string of the molecule is COc1ccc(NC(C)=O)cc1NC(=O)c1c[nH]c2ccc(Cl)cc2c1=O. The molecule has 0 atom stereocenters. The van der Waals surface area contributed by atoms with Crippen LogP contribution in [0.1, 0.15) is 17.3 Å². The third kappa shape index (κ3) is 3.93. The van der Waals surface area contributed by atoms with E-state index in [0.29, 0.717) is 33.0 Å². The highest BCUT2D eigenvalue weighted by Crippen LogP contribution is 2.28. The van der Waals surface area contributed by atoms with Gasteiger partial charge in [-0.2, -0.15) is 0 Å². The van der Waals surface area contributed by atoms with E-state index in [1.165, 1.54) is 26.3 Å². The number of anilines is 2. The lowest BCUT2D eigenvalue weighted by atomic mass is 10.1. The second-order valence-electron chi connectivity index (χ2n) is 5.77. The molecule has 138 valence electrons. The first kappa shape index (κ1) is 18.5. The number of nitrogens with one attached hydrogen (secondary N) is 3. The van der Waals surface area contributed by atoms with Crippen LogP contribution in [0.3, 0.4) is 0 Å². The van der Waals surface area contributed by atoms with Gasteiger partial charge in [0.25, 0.3) is 5.91 Å². The molecule has 0 radical (unpaired) electrons. The lowest BCUT2D eigenvalue weighted by Gasteiger charge is -2.12. The van der Waals surface area contributed by atoms with Crippen LogP contribution in [0.2, 0.25) is 5.02 Å². The van der Waals surface area contributed by atoms with Crippen LogP contribution in [-0.2, 0) is 4.79 Å². The Balaban J connectivity index is 1.98. The van der Waals surface area contributed by atoms with E-state index in [0.717, 1.165) is 0 Å². The Kier molecular flexibility index (Phi) is 5.14. The normalized spacial score (nSPS) is 10.5. The number of amides is 2. The van der Waals surface area contributed by atoms with E-state index in [-0.39, 0.29) is 11.5 Å². The van der Waals surface area contributed by atoms with Crippen molar-refractivity contribution in [3.05, 3.63) is 63.4 Å². The zero-order valence-electron chi connectivity index (χ0n) is 14.6. The first-order valence-electron chi connectivity index (χ1n) is 7.97. The molecule has 3 rings (SSSR count). The molecule has 0 unspecified atom stereocenters. The van der Waals surface area contributed by atoms with Gasteiger partial charge in [0, 0.05) is 34.7 Å². The van der Waals surface area contributed by atoms with Gasteiger partial charge in [-0.15, -0.1) is 0 Å². The van der Waals surface area contributed by atoms with Gasteiger partial charge in [-0.3, -0.25) is 14.4 Å². The van der Waals surface area contributed by atoms with Gasteiger partial charge in [-0.1, -0.05) is 11.6 Å². The molecular weight excluding hydrogens is 370 g/mol. The highest BCUT2D eigenvalue weighted by Gasteiger charge is 2.16. The van der Waals surface area contributed by atoms with Crippen LogP contribution in [0, 0.1) is 0 Å². The highest BCUT2D eigenvalue weighted by atomic mass is 35.5. The summed E-state index contributed by atoms with van der Waals surface area (Å²) in [6.45, 7) is 1.38. The summed E-state index contributed by atoms with van der Waals surface area (Å²) in [4.78, 5) is 39.5. The Bertz CT molecular complexity index is 1110. The number of pyridine rings is 1. The van der Waals surface area contributed by atoms with Crippen molar-refractivity contribution in [2.75, 3.05) is 17.7 Å². The number of rotatable bonds is 4. The van der Waals surface area contributed by atoms with Crippen LogP contribution in [0.25, 0.3) is 10.9 Å². The molecule has 3 aromatic rings. The Hall–Kier alpha value is -3.32. The van der Waals surface area contributed by atoms with Gasteiger partial charge in [0.05, 0.1) is 12.8 Å². The topological polar surface area (TPSA) is 100 Å². The molecule has 0 fully saturated rings. The number of fused-ring (bicyclic) bond motifs is 1. The van der Waals surface area contributed by atoms with E-state index < -0.39 is 11.3 Å². The second-order valence-corrected chi connectivity index (χ2v) is 6.21. The first-order chi connectivity index (χ1) is 12.9. The highest BCUT2D eigenvalue weighted by molar-refractivity contribution is 6.31. The summed E-state index contributed by atoms with van der Waals surface area (Å²) in [7, 11) is 1.45. The van der Waals surface area contributed by atoms with Crippen molar-refractivity contribution in [2.24, 2.45) is 0 Å². The Labute approximate surface area is 159 Å². The number of H-pyrrole nitrogens is 1. The summed E-state index contributed by atoms with van der Waals surface area (Å²) in [5.41, 5.74) is 0.862. The van der Waals surface area contributed by atoms with Crippen LogP contribution >= 0.6 is 11.6 Å². The maximum atomic E-state index is 12.7. The van der Waals surface area contributed by atoms with Gasteiger partial charge < -0.3 is 20.4 Å². The Morgan fingerprint density at radius 1 is 1.11 bits per heavy atom. The van der Waals surface area contributed by atoms with E-state index in [2.05, 4.69) is 15.6 Å². The summed E-state index contributed by atoms with van der Waals surface area (Å²) in [6, 6.07) is 9.61. The van der Waals surface area contributed by atoms with Crippen molar-refractivity contribution < 1.29 is 14.3 Å². The summed E-state index contributed by atoms with van der Waals surface area (Å²) >= 11 is 5.95. The lowest BCUT2D eigenvalue weighted by Crippen LogP contribution is -2.22. The zero-order valence-corrected chi connectivity index (χ0v) is 15.3. The van der Waals surface area contributed by atoms with Crippen molar-refractivity contribution in [2.45, 2.75) is 6.92 Å². The van der Waals surface area contributed by atoms with Crippen LogP contribution in [0.4, 0.5) is 11.4 Å². The zero-order chi connectivity index (χ0) is 19.6. The monoisotopic (exact) mass is 385 g/mol. The maximum absolute atomic E-state index is 12.7. The molecule has 0 saturated carbocycles. The van der Waals surface area contributed by atoms with E-state index in [9.17, 15) is 14.4 Å². The molecule has 2 amide bonds. The van der Waals surface area contributed by atoms with Crippen LogP contribution in [0.15, 0.2) is 47.4 Å². The van der Waals surface area contributed by atoms with Gasteiger partial charge in [0.1, 0.15) is 11.3 Å². The molecular formula is C19H16ClN3O4. The number of halogens is 1. The molecule has 7 nitrogen and oxygen atoms in total. The summed E-state index contributed by atoms with van der Waals surface area (Å²) in [6.07, 6.45) is 1.35. The van der Waals surface area contributed by atoms with E-state index in [4.69, 9.17) is 16.3 Å². The first-order valence-corrected chi connectivity index (χ1v) is 8.35. The summed E-state index contributed by atoms with van der Waals surface area (Å²) in [5, 5.41) is 5.98. The molecule has 0 spiro atoms. The minimum absolute atomic E-state index is 0.0725. The Morgan fingerprint density at radius 2 is 1.89 bits per heavy atom. The number of carbonyl (C=O) groups excluding carboxylic acids is 2. The molecule has 27 heavy (non-hydrogen) atoms. The van der Waals surface area contributed by atoms with Gasteiger partial charge in [-0.05, 0) is 36.4 Å². The van der Waals surface area contributed by atoms with Crippen molar-refractivity contribution in [3.8, 4) is 5.75 Å². The van der Waals surface area contributed by atoms with E-state index in [1.54, 1.807) is 30.3 Å². The van der Waals surface area contributed by atoms with Gasteiger partial charge in [-0.25, -0.2) is 0 Å². The lowest BCUT2D eigenvalue weighted by molar-refractivity contribution is -0.114. The average molecular weight is 386 g/mol. The number of methoxy groups -OCH3 is 1. The van der Waals surface area contributed by atoms with Crippen molar-refractivity contribution in [1.82, 2.24) is 4.98 Å². The number of aromatic nitrogens is 1. The third-order valence-corrected chi connectivity index (χ3v) is 4.09. The molecule has 0 aliphatic rings. The molecule has 0 saturated heterocycles. The van der Waals surface area contributed by atoms with Crippen LogP contribution in [-0.4, -0.2) is 23.9 Å². The minimum Gasteiger partial charge on any atom is -0.495 e. The number of benzene rings is 2. The molecule has 0 bridgehead atoms. The summed E-state index contributed by atoms with van der Waals surface area (Å²) in [5.74, 6) is -0.477. The molecule has 1 aromatic heterocycles. The Morgan fingerprint density at radius 3 is 2.59 bits per heavy atom. The fourth-order valence-corrected chi connectivity index (χ4v) is 2.81. The number of aromatic amines is 1. The van der Waals surface area contributed by atoms with Crippen molar-refractivity contribution >= 4 is 45.7 Å². The molecule has 0 aliphatic carbocycles. The number of hydrogen-bond donors (Lipinski definition) is 3. The quantitative estimate of drug-likeness (QED) is 0.640. The largest absolute Gasteiger partial charge is 0.495 e. The standard InChI is InChI=1S/C19H16ClN3O4/c1-10(24)22-12-4-6-17(27-2)16(8-12)23-19(26)14-9-21-15-5-3-11(20)7-13(15)18(14)25/h3-9H,1-2H3,(H,21,25)(H,22,24)(H,23,26). The second kappa shape index (κ2) is 7.51. The summed E-state index contributed by atoms with van der Waals surface area (Å²) < 4.78 is 5.23. The third-order valence-electron chi connectivity index (χ3n) is 3.86. The predicted molar refractivity (Wildman–Crippen MR) is 105 cm³/mol. The molecule has 3 N–H and O–H groups in total. The van der Waals surface area contributed by atoms with E-state index >= 15 is 0 Å². The fourth-order valence-electron chi connectivity index (χ4n) is 2.64. The smallest absolute Gasteiger partial charge is 0.261 e. The number of ether oxygens (including phenoxy) is 1. The van der Waals surface area contributed by atoms with Crippen LogP contribution in [0.5, 0.6) is 5.75 Å². The van der Waals surface area contributed by atoms with E-state index in [1.807, 2.05) is 0 Å². The average Bonchev–Trinajstić information content (AvgIpc) is 2.62. The maximum Gasteiger partial charge on any atom is 0.261 e. The van der Waals surface area contributed by atoms with Crippen molar-refractivity contribution in [3.63, 3.8) is 0 Å². The number of hydrogen-bond acceptors (Lipinski definition) is 4. The molecule has 8 heteroatoms. The van der Waals surface area contributed by atoms with Crippen molar-refractivity contribution in [1.29, 1.82) is 0 Å². The molecule has 2 aromatic carbocycles. The molecule has 0 aliphatic heterocycles. The van der Waals surface area contributed by atoms with Gasteiger partial charge in [0.15, 0.2) is 0 Å². The fraction of sp³-hybridized carbons (Fsp3) is 0.105. The van der Waals surface area contributed by atoms with Gasteiger partial charge in [0.2, 0.25) is 11.3 Å². The number of carbonyl (C=O) groups is 2. The minimum atomic E-state index is -0.614. The van der Waals surface area contributed by atoms with Crippen LogP contribution < -0.4 is 20.8 Å². The van der Waals surface area contributed by atoms with Gasteiger partial charge >= 0.3 is 0 Å².